The third-order valence-electron chi connectivity index (χ3n) is 6.97. The molecule has 0 aromatic carbocycles. The fourth-order valence-corrected chi connectivity index (χ4v) is 5.57. The molecule has 1 atom stereocenters. The highest BCUT2D eigenvalue weighted by Crippen LogP contribution is 2.31. The molecule has 34 heavy (non-hydrogen) atoms. The van der Waals surface area contributed by atoms with Crippen LogP contribution in [-0.4, -0.2) is 88.5 Å². The number of aromatic nitrogens is 3. The molecule has 0 aliphatic carbocycles. The Balaban J connectivity index is 1.59. The van der Waals surface area contributed by atoms with E-state index in [9.17, 15) is 15.0 Å². The number of nitrogens with zero attached hydrogens (tertiary/aromatic N) is 6. The summed E-state index contributed by atoms with van der Waals surface area (Å²) in [6.45, 7) is 7.05. The largest absolute Gasteiger partial charge is 0.477 e. The molecule has 0 radical (unpaired) electrons. The Labute approximate surface area is 204 Å². The van der Waals surface area contributed by atoms with Gasteiger partial charge < -0.3 is 24.9 Å². The van der Waals surface area contributed by atoms with Crippen molar-refractivity contribution in [3.8, 4) is 0 Å². The number of thiazole rings is 1. The van der Waals surface area contributed by atoms with Crippen LogP contribution in [0.25, 0.3) is 0 Å². The first-order chi connectivity index (χ1) is 16.2. The molecule has 2 fully saturated rings. The van der Waals surface area contributed by atoms with Crippen LogP contribution in [0.4, 0.5) is 22.7 Å². The number of nitrogens with one attached hydrogen (secondary N) is 1. The van der Waals surface area contributed by atoms with Crippen molar-refractivity contribution >= 4 is 40.0 Å². The lowest BCUT2D eigenvalue weighted by Gasteiger charge is -2.37. The van der Waals surface area contributed by atoms with Gasteiger partial charge in [-0.25, -0.2) is 9.78 Å². The number of hydrogen-bond acceptors (Lipinski definition) is 10. The average molecular weight is 490 g/mol. The summed E-state index contributed by atoms with van der Waals surface area (Å²) in [5.41, 5.74) is 0.474. The lowest BCUT2D eigenvalue weighted by Crippen LogP contribution is -2.42. The van der Waals surface area contributed by atoms with Gasteiger partial charge in [0.1, 0.15) is 16.5 Å². The number of aryl methyl sites for hydroxylation is 1. The number of aliphatic hydroxyl groups excluding tert-OH is 1. The number of carbonyl (C=O) groups is 1. The Kier molecular flexibility index (Phi) is 7.54. The van der Waals surface area contributed by atoms with Crippen molar-refractivity contribution in [2.24, 2.45) is 5.92 Å². The van der Waals surface area contributed by atoms with Crippen LogP contribution in [0, 0.1) is 12.8 Å². The predicted octanol–water partition coefficient (Wildman–Crippen LogP) is 2.81. The molecule has 0 spiro atoms. The summed E-state index contributed by atoms with van der Waals surface area (Å²) in [7, 11) is 4.26. The Morgan fingerprint density at radius 2 is 1.65 bits per heavy atom. The molecule has 2 aromatic rings. The monoisotopic (exact) mass is 489 g/mol. The fourth-order valence-electron chi connectivity index (χ4n) is 4.77. The topological polar surface area (TPSA) is 118 Å². The summed E-state index contributed by atoms with van der Waals surface area (Å²) in [6, 6.07) is 2.63. The maximum absolute atomic E-state index is 11.4. The highest BCUT2D eigenvalue weighted by Gasteiger charge is 2.26. The third-order valence-corrected chi connectivity index (χ3v) is 8.03. The lowest BCUT2D eigenvalue weighted by molar-refractivity contribution is 0.0701. The Hall–Kier alpha value is -2.50. The van der Waals surface area contributed by atoms with Crippen LogP contribution in [0.5, 0.6) is 0 Å². The van der Waals surface area contributed by atoms with Gasteiger partial charge in [0.25, 0.3) is 0 Å². The number of carboxylic acids is 1. The molecule has 0 amide bonds. The first-order valence-electron chi connectivity index (χ1n) is 11.9. The molecular formula is C23H35N7O3S. The normalized spacial score (nSPS) is 19.0. The number of piperidine rings is 2. The van der Waals surface area contributed by atoms with Crippen LogP contribution >= 0.6 is 11.3 Å². The van der Waals surface area contributed by atoms with E-state index in [0.717, 1.165) is 74.8 Å². The van der Waals surface area contributed by atoms with Crippen molar-refractivity contribution in [2.75, 3.05) is 55.4 Å². The predicted molar refractivity (Wildman–Crippen MR) is 135 cm³/mol. The van der Waals surface area contributed by atoms with E-state index in [4.69, 9.17) is 9.97 Å². The van der Waals surface area contributed by atoms with Gasteiger partial charge in [-0.1, -0.05) is 11.3 Å². The van der Waals surface area contributed by atoms with E-state index in [1.165, 1.54) is 0 Å². The van der Waals surface area contributed by atoms with Gasteiger partial charge in [0.2, 0.25) is 5.95 Å². The number of anilines is 4. The van der Waals surface area contributed by atoms with Gasteiger partial charge in [0, 0.05) is 38.3 Å². The molecule has 3 N–H and O–H groups in total. The molecule has 2 aliphatic heterocycles. The summed E-state index contributed by atoms with van der Waals surface area (Å²) < 4.78 is 0. The smallest absolute Gasteiger partial charge is 0.347 e. The molecule has 2 aromatic heterocycles. The summed E-state index contributed by atoms with van der Waals surface area (Å²) in [4.78, 5) is 32.4. The van der Waals surface area contributed by atoms with Crippen LogP contribution < -0.4 is 15.1 Å². The molecule has 1 unspecified atom stereocenters. The molecule has 10 nitrogen and oxygen atoms in total. The van der Waals surface area contributed by atoms with Gasteiger partial charge in [0.05, 0.1) is 11.8 Å². The van der Waals surface area contributed by atoms with Gasteiger partial charge in [-0.2, -0.15) is 9.97 Å². The fraction of sp³-hybridized carbons (Fsp3) is 0.652. The first-order valence-corrected chi connectivity index (χ1v) is 12.7. The quantitative estimate of drug-likeness (QED) is 0.536. The van der Waals surface area contributed by atoms with Crippen LogP contribution in [-0.2, 0) is 0 Å². The van der Waals surface area contributed by atoms with E-state index in [-0.39, 0.29) is 11.0 Å². The molecule has 4 rings (SSSR count). The van der Waals surface area contributed by atoms with Gasteiger partial charge in [-0.15, -0.1) is 0 Å². The third kappa shape index (κ3) is 5.59. The Morgan fingerprint density at radius 1 is 1.09 bits per heavy atom. The highest BCUT2D eigenvalue weighted by molar-refractivity contribution is 7.17. The van der Waals surface area contributed by atoms with Crippen LogP contribution in [0.1, 0.15) is 48.0 Å². The van der Waals surface area contributed by atoms with Crippen molar-refractivity contribution in [1.82, 2.24) is 19.9 Å². The number of aliphatic hydroxyl groups is 1. The van der Waals surface area contributed by atoms with Crippen molar-refractivity contribution in [1.29, 1.82) is 0 Å². The van der Waals surface area contributed by atoms with Gasteiger partial charge in [-0.05, 0) is 59.5 Å². The second kappa shape index (κ2) is 10.4. The van der Waals surface area contributed by atoms with Crippen LogP contribution in [0.15, 0.2) is 6.07 Å². The zero-order valence-corrected chi connectivity index (χ0v) is 21.2. The number of rotatable bonds is 7. The van der Waals surface area contributed by atoms with E-state index in [2.05, 4.69) is 45.2 Å². The Bertz CT molecular complexity index is 950. The Morgan fingerprint density at radius 3 is 2.12 bits per heavy atom. The summed E-state index contributed by atoms with van der Waals surface area (Å²) in [5, 5.41) is 23.0. The van der Waals surface area contributed by atoms with Crippen LogP contribution in [0.3, 0.4) is 0 Å². The minimum absolute atomic E-state index is 0.213. The SMILES string of the molecule is Cc1nc(Nc2nc(N3CCC(C(C)O)CC3)cc(N3CCC(N(C)C)CC3)n2)sc1C(=O)O. The summed E-state index contributed by atoms with van der Waals surface area (Å²) >= 11 is 1.09. The molecule has 186 valence electrons. The number of carboxylic acid groups (broad SMARTS) is 1. The maximum Gasteiger partial charge on any atom is 0.347 e. The average Bonchev–Trinajstić information content (AvgIpc) is 3.19. The van der Waals surface area contributed by atoms with Gasteiger partial charge in [0.15, 0.2) is 5.13 Å². The second-order valence-electron chi connectivity index (χ2n) is 9.52. The standard InChI is InChI=1S/C23H35N7O3S/c1-14-20(21(32)33)34-23(24-14)27-22-25-18(29-9-5-16(6-10-29)15(2)31)13-19(26-22)30-11-7-17(8-12-30)28(3)4/h13,15-17,31H,5-12H2,1-4H3,(H,32,33)(H,24,25,26,27). The zero-order valence-electron chi connectivity index (χ0n) is 20.4. The molecule has 4 heterocycles. The van der Waals surface area contributed by atoms with E-state index in [1.807, 2.05) is 6.92 Å². The minimum atomic E-state index is -0.983. The second-order valence-corrected chi connectivity index (χ2v) is 10.5. The first kappa shape index (κ1) is 24.6. The molecule has 2 saturated heterocycles. The van der Waals surface area contributed by atoms with Crippen molar-refractivity contribution in [3.63, 3.8) is 0 Å². The maximum atomic E-state index is 11.4. The number of hydrogen-bond donors (Lipinski definition) is 3. The number of aromatic carboxylic acids is 1. The van der Waals surface area contributed by atoms with Crippen molar-refractivity contribution in [3.05, 3.63) is 16.6 Å². The molecule has 2 aliphatic rings. The minimum Gasteiger partial charge on any atom is -0.477 e. The van der Waals surface area contributed by atoms with E-state index in [1.54, 1.807) is 6.92 Å². The summed E-state index contributed by atoms with van der Waals surface area (Å²) in [5.74, 6) is 1.47. The molecule has 11 heteroatoms. The van der Waals surface area contributed by atoms with Gasteiger partial charge in [-0.3, -0.25) is 5.32 Å². The van der Waals surface area contributed by atoms with E-state index in [0.29, 0.717) is 28.7 Å². The zero-order chi connectivity index (χ0) is 24.4. The molecule has 0 saturated carbocycles. The highest BCUT2D eigenvalue weighted by atomic mass is 32.1. The van der Waals surface area contributed by atoms with Crippen LogP contribution in [0.2, 0.25) is 0 Å². The van der Waals surface area contributed by atoms with Crippen molar-refractivity contribution < 1.29 is 15.0 Å². The van der Waals surface area contributed by atoms with E-state index >= 15 is 0 Å². The summed E-state index contributed by atoms with van der Waals surface area (Å²) in [6.07, 6.45) is 3.68. The molecule has 0 bridgehead atoms. The van der Waals surface area contributed by atoms with Crippen molar-refractivity contribution in [2.45, 2.75) is 51.7 Å². The van der Waals surface area contributed by atoms with E-state index < -0.39 is 5.97 Å². The molecular weight excluding hydrogens is 454 g/mol. The lowest BCUT2D eigenvalue weighted by atomic mass is 9.92. The van der Waals surface area contributed by atoms with Gasteiger partial charge >= 0.3 is 5.97 Å².